The van der Waals surface area contributed by atoms with Gasteiger partial charge in [-0.1, -0.05) is 12.8 Å². The monoisotopic (exact) mass is 220 g/mol. The van der Waals surface area contributed by atoms with E-state index in [9.17, 15) is 4.39 Å². The van der Waals surface area contributed by atoms with Crippen molar-refractivity contribution in [2.45, 2.75) is 31.7 Å². The molecule has 0 spiro atoms. The van der Waals surface area contributed by atoms with Gasteiger partial charge in [-0.15, -0.1) is 0 Å². The lowest BCUT2D eigenvalue weighted by atomic mass is 10.1. The van der Waals surface area contributed by atoms with E-state index in [1.54, 1.807) is 6.07 Å². The highest BCUT2D eigenvalue weighted by atomic mass is 19.1. The smallest absolute Gasteiger partial charge is 0.125 e. The summed E-state index contributed by atoms with van der Waals surface area (Å²) in [6, 6.07) is 5.68. The molecule has 1 saturated carbocycles. The molecule has 2 nitrogen and oxygen atoms in total. The number of nitrogens with zero attached hydrogens (tertiary/aromatic N) is 1. The molecule has 0 atom stereocenters. The first-order chi connectivity index (χ1) is 7.84. The maximum Gasteiger partial charge on any atom is 0.125 e. The minimum Gasteiger partial charge on any atom is -0.382 e. The van der Waals surface area contributed by atoms with Gasteiger partial charge in [0.05, 0.1) is 11.4 Å². The molecule has 0 aromatic heterocycles. The normalized spacial score (nSPS) is 20.7. The summed E-state index contributed by atoms with van der Waals surface area (Å²) in [6.45, 7) is 1.97. The second kappa shape index (κ2) is 3.96. The Balaban J connectivity index is 1.94. The number of rotatable bonds is 1. The van der Waals surface area contributed by atoms with E-state index in [4.69, 9.17) is 0 Å². The standard InChI is InChI=1S/C13H17FN2/c14-10-5-6-12-13(9-10)16(8-7-15-12)11-3-1-2-4-11/h5-6,9,11,15H,1-4,7-8H2. The number of fused-ring (bicyclic) bond motifs is 1. The first-order valence-corrected chi connectivity index (χ1v) is 6.15. The van der Waals surface area contributed by atoms with Crippen LogP contribution in [0, 0.1) is 5.82 Å². The molecule has 86 valence electrons. The third-order valence-electron chi connectivity index (χ3n) is 3.70. The number of nitrogens with one attached hydrogen (secondary N) is 1. The van der Waals surface area contributed by atoms with Crippen LogP contribution in [0.25, 0.3) is 0 Å². The molecule has 0 bridgehead atoms. The zero-order valence-corrected chi connectivity index (χ0v) is 9.38. The summed E-state index contributed by atoms with van der Waals surface area (Å²) in [5.41, 5.74) is 2.14. The van der Waals surface area contributed by atoms with Gasteiger partial charge in [-0.3, -0.25) is 0 Å². The van der Waals surface area contributed by atoms with Gasteiger partial charge >= 0.3 is 0 Å². The van der Waals surface area contributed by atoms with E-state index in [-0.39, 0.29) is 5.82 Å². The lowest BCUT2D eigenvalue weighted by molar-refractivity contribution is 0.596. The minimum atomic E-state index is -0.134. The average molecular weight is 220 g/mol. The molecule has 1 heterocycles. The van der Waals surface area contributed by atoms with Crippen molar-refractivity contribution in [1.29, 1.82) is 0 Å². The summed E-state index contributed by atoms with van der Waals surface area (Å²) in [5, 5.41) is 3.33. The fourth-order valence-electron chi connectivity index (χ4n) is 2.92. The van der Waals surface area contributed by atoms with Crippen molar-refractivity contribution >= 4 is 11.4 Å². The van der Waals surface area contributed by atoms with Gasteiger partial charge in [-0.05, 0) is 31.0 Å². The van der Waals surface area contributed by atoms with Gasteiger partial charge < -0.3 is 10.2 Å². The van der Waals surface area contributed by atoms with Crippen LogP contribution in [0.1, 0.15) is 25.7 Å². The van der Waals surface area contributed by atoms with Crippen LogP contribution < -0.4 is 10.2 Å². The summed E-state index contributed by atoms with van der Waals surface area (Å²) in [6.07, 6.45) is 5.16. The average Bonchev–Trinajstić information content (AvgIpc) is 2.81. The SMILES string of the molecule is Fc1ccc2c(c1)N(C1CCCC1)CCN2. The van der Waals surface area contributed by atoms with E-state index < -0.39 is 0 Å². The highest BCUT2D eigenvalue weighted by molar-refractivity contribution is 5.72. The Labute approximate surface area is 95.4 Å². The molecule has 1 aliphatic heterocycles. The van der Waals surface area contributed by atoms with Crippen LogP contribution in [-0.4, -0.2) is 19.1 Å². The molecular formula is C13H17FN2. The predicted octanol–water partition coefficient (Wildman–Crippen LogP) is 3.00. The first-order valence-electron chi connectivity index (χ1n) is 6.15. The van der Waals surface area contributed by atoms with Crippen molar-refractivity contribution in [3.8, 4) is 0 Å². The Morgan fingerprint density at radius 3 is 2.88 bits per heavy atom. The largest absolute Gasteiger partial charge is 0.382 e. The molecule has 3 heteroatoms. The van der Waals surface area contributed by atoms with Crippen molar-refractivity contribution in [3.63, 3.8) is 0 Å². The van der Waals surface area contributed by atoms with Crippen molar-refractivity contribution in [3.05, 3.63) is 24.0 Å². The molecule has 1 N–H and O–H groups in total. The number of anilines is 2. The Kier molecular flexibility index (Phi) is 2.46. The van der Waals surface area contributed by atoms with Gasteiger partial charge in [-0.25, -0.2) is 4.39 Å². The second-order valence-electron chi connectivity index (χ2n) is 4.72. The highest BCUT2D eigenvalue weighted by Gasteiger charge is 2.26. The van der Waals surface area contributed by atoms with Crippen molar-refractivity contribution in [2.24, 2.45) is 0 Å². The van der Waals surface area contributed by atoms with Gasteiger partial charge in [0.15, 0.2) is 0 Å². The fourth-order valence-corrected chi connectivity index (χ4v) is 2.92. The molecule has 1 aromatic rings. The van der Waals surface area contributed by atoms with Crippen LogP contribution in [0.4, 0.5) is 15.8 Å². The van der Waals surface area contributed by atoms with Crippen molar-refractivity contribution in [2.75, 3.05) is 23.3 Å². The second-order valence-corrected chi connectivity index (χ2v) is 4.72. The van der Waals surface area contributed by atoms with Crippen LogP contribution in [0.15, 0.2) is 18.2 Å². The highest BCUT2D eigenvalue weighted by Crippen LogP contribution is 2.35. The molecule has 16 heavy (non-hydrogen) atoms. The Morgan fingerprint density at radius 2 is 2.06 bits per heavy atom. The van der Waals surface area contributed by atoms with Crippen LogP contribution in [0.2, 0.25) is 0 Å². The van der Waals surface area contributed by atoms with Crippen LogP contribution >= 0.6 is 0 Å². The van der Waals surface area contributed by atoms with Gasteiger partial charge in [0.25, 0.3) is 0 Å². The van der Waals surface area contributed by atoms with Crippen LogP contribution in [0.3, 0.4) is 0 Å². The van der Waals surface area contributed by atoms with E-state index in [1.807, 2.05) is 6.07 Å². The topological polar surface area (TPSA) is 15.3 Å². The number of benzene rings is 1. The van der Waals surface area contributed by atoms with Crippen LogP contribution in [0.5, 0.6) is 0 Å². The molecule has 1 fully saturated rings. The number of hydrogen-bond acceptors (Lipinski definition) is 2. The summed E-state index contributed by atoms with van der Waals surface area (Å²) < 4.78 is 13.3. The maximum absolute atomic E-state index is 13.3. The van der Waals surface area contributed by atoms with Crippen molar-refractivity contribution in [1.82, 2.24) is 0 Å². The van der Waals surface area contributed by atoms with Crippen molar-refractivity contribution < 1.29 is 4.39 Å². The molecule has 0 radical (unpaired) electrons. The molecule has 3 rings (SSSR count). The third-order valence-corrected chi connectivity index (χ3v) is 3.70. The quantitative estimate of drug-likeness (QED) is 0.782. The number of halogens is 1. The molecule has 2 aliphatic rings. The Bertz CT molecular complexity index is 386. The van der Waals surface area contributed by atoms with E-state index in [0.29, 0.717) is 6.04 Å². The van der Waals surface area contributed by atoms with Gasteiger partial charge in [0.1, 0.15) is 5.82 Å². The zero-order valence-electron chi connectivity index (χ0n) is 9.38. The summed E-state index contributed by atoms with van der Waals surface area (Å²) >= 11 is 0. The molecule has 1 aromatic carbocycles. The predicted molar refractivity (Wildman–Crippen MR) is 64.5 cm³/mol. The number of hydrogen-bond donors (Lipinski definition) is 1. The Hall–Kier alpha value is -1.25. The van der Waals surface area contributed by atoms with Gasteiger partial charge in [-0.2, -0.15) is 0 Å². The summed E-state index contributed by atoms with van der Waals surface area (Å²) in [7, 11) is 0. The Morgan fingerprint density at radius 1 is 1.25 bits per heavy atom. The van der Waals surface area contributed by atoms with E-state index in [2.05, 4.69) is 10.2 Å². The molecular weight excluding hydrogens is 203 g/mol. The molecule has 0 unspecified atom stereocenters. The summed E-state index contributed by atoms with van der Waals surface area (Å²) in [5.74, 6) is -0.134. The molecule has 0 amide bonds. The lowest BCUT2D eigenvalue weighted by Gasteiger charge is -2.36. The van der Waals surface area contributed by atoms with E-state index in [1.165, 1.54) is 31.7 Å². The van der Waals surface area contributed by atoms with Crippen LogP contribution in [-0.2, 0) is 0 Å². The maximum atomic E-state index is 13.3. The molecule has 0 saturated heterocycles. The third kappa shape index (κ3) is 1.64. The minimum absolute atomic E-state index is 0.134. The van der Waals surface area contributed by atoms with E-state index >= 15 is 0 Å². The van der Waals surface area contributed by atoms with E-state index in [0.717, 1.165) is 24.5 Å². The zero-order chi connectivity index (χ0) is 11.0. The molecule has 1 aliphatic carbocycles. The summed E-state index contributed by atoms with van der Waals surface area (Å²) in [4.78, 5) is 2.39. The van der Waals surface area contributed by atoms with Gasteiger partial charge in [0, 0.05) is 19.1 Å². The van der Waals surface area contributed by atoms with Gasteiger partial charge in [0.2, 0.25) is 0 Å². The lowest BCUT2D eigenvalue weighted by Crippen LogP contribution is -2.40. The fraction of sp³-hybridized carbons (Fsp3) is 0.538. The first kappa shape index (κ1) is 9.94.